The van der Waals surface area contributed by atoms with Crippen LogP contribution >= 0.6 is 0 Å². The van der Waals surface area contributed by atoms with Gasteiger partial charge in [0.25, 0.3) is 0 Å². The molecule has 18 heavy (non-hydrogen) atoms. The lowest BCUT2D eigenvalue weighted by Crippen LogP contribution is -2.37. The summed E-state index contributed by atoms with van der Waals surface area (Å²) in [7, 11) is 1.81. The molecule has 0 aromatic heterocycles. The molecule has 0 saturated carbocycles. The first-order valence-electron chi connectivity index (χ1n) is 6.93. The van der Waals surface area contributed by atoms with E-state index in [0.717, 1.165) is 13.0 Å². The molecule has 1 N–H and O–H groups in total. The van der Waals surface area contributed by atoms with Crippen LogP contribution in [-0.4, -0.2) is 19.8 Å². The van der Waals surface area contributed by atoms with Crippen LogP contribution in [-0.2, 0) is 4.74 Å². The van der Waals surface area contributed by atoms with E-state index in [4.69, 9.17) is 4.74 Å². The van der Waals surface area contributed by atoms with Crippen LogP contribution in [0.5, 0.6) is 0 Å². The molecule has 0 bridgehead atoms. The van der Waals surface area contributed by atoms with Crippen LogP contribution in [0.2, 0.25) is 0 Å². The number of aryl methyl sites for hydroxylation is 1. The molecule has 102 valence electrons. The third-order valence-corrected chi connectivity index (χ3v) is 3.40. The van der Waals surface area contributed by atoms with E-state index in [2.05, 4.69) is 57.3 Å². The van der Waals surface area contributed by atoms with Gasteiger partial charge in [0.1, 0.15) is 0 Å². The minimum atomic E-state index is 0.206. The summed E-state index contributed by atoms with van der Waals surface area (Å²) in [5.41, 5.74) is 2.68. The largest absolute Gasteiger partial charge is 0.379 e. The van der Waals surface area contributed by atoms with Crippen LogP contribution in [0.4, 0.5) is 0 Å². The molecule has 0 radical (unpaired) electrons. The van der Waals surface area contributed by atoms with Crippen LogP contribution in [0, 0.1) is 12.8 Å². The minimum Gasteiger partial charge on any atom is -0.379 e. The Morgan fingerprint density at radius 1 is 1.22 bits per heavy atom. The Kier molecular flexibility index (Phi) is 6.37. The summed E-state index contributed by atoms with van der Waals surface area (Å²) in [6, 6.07) is 8.85. The van der Waals surface area contributed by atoms with Gasteiger partial charge < -0.3 is 10.1 Å². The Hall–Kier alpha value is -0.860. The molecule has 0 saturated heterocycles. The van der Waals surface area contributed by atoms with Gasteiger partial charge in [-0.3, -0.25) is 0 Å². The maximum absolute atomic E-state index is 5.72. The van der Waals surface area contributed by atoms with Gasteiger partial charge in [0.05, 0.1) is 12.1 Å². The second kappa shape index (κ2) is 7.55. The highest BCUT2D eigenvalue weighted by Crippen LogP contribution is 2.26. The average Bonchev–Trinajstić information content (AvgIpc) is 2.35. The molecule has 0 aliphatic rings. The summed E-state index contributed by atoms with van der Waals surface area (Å²) in [4.78, 5) is 0. The van der Waals surface area contributed by atoms with Gasteiger partial charge >= 0.3 is 0 Å². The van der Waals surface area contributed by atoms with Crippen molar-refractivity contribution >= 4 is 0 Å². The van der Waals surface area contributed by atoms with Gasteiger partial charge in [0.15, 0.2) is 0 Å². The highest BCUT2D eigenvalue weighted by molar-refractivity contribution is 5.29. The molecule has 0 aliphatic heterocycles. The van der Waals surface area contributed by atoms with Crippen molar-refractivity contribution in [1.82, 2.24) is 5.32 Å². The summed E-state index contributed by atoms with van der Waals surface area (Å²) < 4.78 is 5.72. The summed E-state index contributed by atoms with van der Waals surface area (Å²) >= 11 is 0. The normalized spacial score (nSPS) is 14.8. The van der Waals surface area contributed by atoms with Gasteiger partial charge in [-0.15, -0.1) is 0 Å². The Morgan fingerprint density at radius 3 is 2.39 bits per heavy atom. The molecule has 0 fully saturated rings. The van der Waals surface area contributed by atoms with Gasteiger partial charge in [-0.25, -0.2) is 0 Å². The Bertz CT molecular complexity index is 349. The Balaban J connectivity index is 3.00. The molecule has 0 spiro atoms. The quantitative estimate of drug-likeness (QED) is 0.795. The zero-order chi connectivity index (χ0) is 13.5. The second-order valence-electron chi connectivity index (χ2n) is 5.23. The Labute approximate surface area is 112 Å². The fourth-order valence-electron chi connectivity index (χ4n) is 2.43. The molecule has 2 heteroatoms. The molecular weight excluding hydrogens is 222 g/mol. The van der Waals surface area contributed by atoms with E-state index in [-0.39, 0.29) is 12.1 Å². The van der Waals surface area contributed by atoms with E-state index < -0.39 is 0 Å². The number of hydrogen-bond acceptors (Lipinski definition) is 2. The first-order chi connectivity index (χ1) is 8.61. The number of nitrogens with one attached hydrogen (secondary N) is 1. The third kappa shape index (κ3) is 3.82. The number of ether oxygens (including phenoxy) is 1. The highest BCUT2D eigenvalue weighted by Gasteiger charge is 2.26. The fraction of sp³-hybridized carbons (Fsp3) is 0.625. The van der Waals surface area contributed by atoms with Crippen LogP contribution in [0.25, 0.3) is 0 Å². The second-order valence-corrected chi connectivity index (χ2v) is 5.23. The monoisotopic (exact) mass is 249 g/mol. The van der Waals surface area contributed by atoms with Crippen molar-refractivity contribution in [2.24, 2.45) is 5.92 Å². The van der Waals surface area contributed by atoms with Crippen LogP contribution in [0.15, 0.2) is 24.3 Å². The third-order valence-electron chi connectivity index (χ3n) is 3.40. The van der Waals surface area contributed by atoms with Crippen molar-refractivity contribution in [1.29, 1.82) is 0 Å². The molecule has 1 aromatic rings. The smallest absolute Gasteiger partial charge is 0.0788 e. The fourth-order valence-corrected chi connectivity index (χ4v) is 2.43. The zero-order valence-corrected chi connectivity index (χ0v) is 12.4. The van der Waals surface area contributed by atoms with Crippen molar-refractivity contribution in [3.8, 4) is 0 Å². The standard InChI is InChI=1S/C16H27NO/c1-6-11-17-15(16(18-5)12(2)3)14-10-8-7-9-13(14)4/h7-10,12,15-17H,6,11H2,1-5H3. The van der Waals surface area contributed by atoms with Gasteiger partial charge in [-0.1, -0.05) is 45.0 Å². The van der Waals surface area contributed by atoms with Crippen LogP contribution in [0.1, 0.15) is 44.4 Å². The van der Waals surface area contributed by atoms with Crippen molar-refractivity contribution in [3.05, 3.63) is 35.4 Å². The van der Waals surface area contributed by atoms with E-state index in [1.54, 1.807) is 0 Å². The molecule has 2 unspecified atom stereocenters. The zero-order valence-electron chi connectivity index (χ0n) is 12.4. The number of rotatable bonds is 7. The lowest BCUT2D eigenvalue weighted by Gasteiger charge is -2.31. The molecule has 0 heterocycles. The summed E-state index contributed by atoms with van der Waals surface area (Å²) in [6.45, 7) is 9.81. The first-order valence-corrected chi connectivity index (χ1v) is 6.93. The van der Waals surface area contributed by atoms with Crippen molar-refractivity contribution in [2.45, 2.75) is 46.3 Å². The van der Waals surface area contributed by atoms with Gasteiger partial charge in [0.2, 0.25) is 0 Å². The lowest BCUT2D eigenvalue weighted by atomic mass is 9.91. The predicted octanol–water partition coefficient (Wildman–Crippen LogP) is 3.71. The molecule has 2 atom stereocenters. The maximum Gasteiger partial charge on any atom is 0.0788 e. The maximum atomic E-state index is 5.72. The predicted molar refractivity (Wildman–Crippen MR) is 77.8 cm³/mol. The molecule has 1 aromatic carbocycles. The minimum absolute atomic E-state index is 0.206. The van der Waals surface area contributed by atoms with E-state index in [1.807, 2.05) is 7.11 Å². The van der Waals surface area contributed by atoms with Gasteiger partial charge in [-0.2, -0.15) is 0 Å². The van der Waals surface area contributed by atoms with Crippen LogP contribution in [0.3, 0.4) is 0 Å². The van der Waals surface area contributed by atoms with Crippen LogP contribution < -0.4 is 5.32 Å². The Morgan fingerprint density at radius 2 is 1.89 bits per heavy atom. The first kappa shape index (κ1) is 15.2. The highest BCUT2D eigenvalue weighted by atomic mass is 16.5. The van der Waals surface area contributed by atoms with E-state index in [0.29, 0.717) is 5.92 Å². The summed E-state index contributed by atoms with van der Waals surface area (Å²) in [5, 5.41) is 3.63. The van der Waals surface area contributed by atoms with Crippen molar-refractivity contribution < 1.29 is 4.74 Å². The molecular formula is C16H27NO. The topological polar surface area (TPSA) is 21.3 Å². The van der Waals surface area contributed by atoms with Crippen molar-refractivity contribution in [3.63, 3.8) is 0 Å². The summed E-state index contributed by atoms with van der Waals surface area (Å²) in [5.74, 6) is 0.490. The summed E-state index contributed by atoms with van der Waals surface area (Å²) in [6.07, 6.45) is 1.34. The van der Waals surface area contributed by atoms with Crippen molar-refractivity contribution in [2.75, 3.05) is 13.7 Å². The molecule has 0 amide bonds. The van der Waals surface area contributed by atoms with Gasteiger partial charge in [0, 0.05) is 7.11 Å². The van der Waals surface area contributed by atoms with E-state index in [9.17, 15) is 0 Å². The SMILES string of the molecule is CCCNC(c1ccccc1C)C(OC)C(C)C. The van der Waals surface area contributed by atoms with E-state index >= 15 is 0 Å². The average molecular weight is 249 g/mol. The molecule has 0 aliphatic carbocycles. The number of benzene rings is 1. The molecule has 1 rings (SSSR count). The number of methoxy groups -OCH3 is 1. The van der Waals surface area contributed by atoms with E-state index in [1.165, 1.54) is 11.1 Å². The number of hydrogen-bond donors (Lipinski definition) is 1. The lowest BCUT2D eigenvalue weighted by molar-refractivity contribution is 0.0325. The van der Waals surface area contributed by atoms with Gasteiger partial charge in [-0.05, 0) is 36.9 Å². The molecule has 2 nitrogen and oxygen atoms in total.